The number of amides is 1. The van der Waals surface area contributed by atoms with Crippen molar-refractivity contribution in [1.82, 2.24) is 10.5 Å². The van der Waals surface area contributed by atoms with Gasteiger partial charge in [0.2, 0.25) is 5.91 Å². The molecule has 1 aromatic heterocycles. The predicted molar refractivity (Wildman–Crippen MR) is 67.9 cm³/mol. The Morgan fingerprint density at radius 2 is 2.32 bits per heavy atom. The van der Waals surface area contributed by atoms with Crippen LogP contribution in [0.15, 0.2) is 10.6 Å². The van der Waals surface area contributed by atoms with Crippen LogP contribution in [0.3, 0.4) is 0 Å². The Morgan fingerprint density at radius 1 is 1.50 bits per heavy atom. The first-order chi connectivity index (χ1) is 10.4. The fraction of sp³-hybridized carbons (Fsp3) is 0.692. The smallest absolute Gasteiger partial charge is 0.381 e. The first kappa shape index (κ1) is 16.8. The highest BCUT2D eigenvalue weighted by Gasteiger charge is 2.27. The number of hydrogen-bond acceptors (Lipinski definition) is 5. The topological polar surface area (TPSA) is 73.6 Å². The van der Waals surface area contributed by atoms with Gasteiger partial charge < -0.3 is 19.3 Å². The summed E-state index contributed by atoms with van der Waals surface area (Å²) in [5.74, 6) is 0.256. The first-order valence-electron chi connectivity index (χ1n) is 6.86. The Hall–Kier alpha value is -1.61. The number of hydrogen-bond donors (Lipinski definition) is 1. The lowest BCUT2D eigenvalue weighted by atomic mass is 10.1. The molecule has 0 saturated carbocycles. The lowest BCUT2D eigenvalue weighted by Crippen LogP contribution is -2.30. The summed E-state index contributed by atoms with van der Waals surface area (Å²) in [6.07, 6.45) is -3.45. The molecule has 1 atom stereocenters. The number of nitrogens with zero attached hydrogens (tertiary/aromatic N) is 1. The minimum absolute atomic E-state index is 0.0103. The molecule has 124 valence electrons. The number of rotatable bonds is 7. The number of aromatic nitrogens is 1. The number of carbonyl (C=O) groups is 1. The molecule has 1 aliphatic heterocycles. The third-order valence-corrected chi connectivity index (χ3v) is 3.07. The second-order valence-corrected chi connectivity index (χ2v) is 5.10. The minimum Gasteiger partial charge on any atom is -0.381 e. The summed E-state index contributed by atoms with van der Waals surface area (Å²) in [5, 5.41) is 6.39. The molecular formula is C13H17F3N2O4. The molecule has 0 aromatic carbocycles. The summed E-state index contributed by atoms with van der Waals surface area (Å²) >= 11 is 0. The van der Waals surface area contributed by atoms with Crippen LogP contribution in [0.2, 0.25) is 0 Å². The van der Waals surface area contributed by atoms with Crippen LogP contribution in [0.25, 0.3) is 0 Å². The van der Waals surface area contributed by atoms with Gasteiger partial charge in [0.05, 0.1) is 18.7 Å². The van der Waals surface area contributed by atoms with E-state index in [1.807, 2.05) is 0 Å². The van der Waals surface area contributed by atoms with Gasteiger partial charge in [-0.2, -0.15) is 13.2 Å². The molecule has 2 rings (SSSR count). The van der Waals surface area contributed by atoms with E-state index < -0.39 is 12.8 Å². The predicted octanol–water partition coefficient (Wildman–Crippen LogP) is 1.45. The summed E-state index contributed by atoms with van der Waals surface area (Å²) in [4.78, 5) is 11.7. The Balaban J connectivity index is 1.68. The normalized spacial score (nSPS) is 18.6. The molecule has 6 nitrogen and oxygen atoms in total. The molecule has 9 heteroatoms. The first-order valence-corrected chi connectivity index (χ1v) is 6.86. The minimum atomic E-state index is -4.38. The van der Waals surface area contributed by atoms with Gasteiger partial charge in [-0.3, -0.25) is 4.79 Å². The maximum absolute atomic E-state index is 11.9. The largest absolute Gasteiger partial charge is 0.411 e. The Bertz CT molecular complexity index is 484. The van der Waals surface area contributed by atoms with Crippen LogP contribution >= 0.6 is 0 Å². The molecule has 1 aromatic rings. The van der Waals surface area contributed by atoms with Crippen molar-refractivity contribution in [2.24, 2.45) is 5.92 Å². The molecule has 0 bridgehead atoms. The fourth-order valence-electron chi connectivity index (χ4n) is 2.00. The van der Waals surface area contributed by atoms with E-state index in [0.717, 1.165) is 6.42 Å². The van der Waals surface area contributed by atoms with Crippen LogP contribution in [0.5, 0.6) is 0 Å². The van der Waals surface area contributed by atoms with E-state index in [1.165, 1.54) is 6.07 Å². The second-order valence-electron chi connectivity index (χ2n) is 5.10. The number of halogens is 3. The molecular weight excluding hydrogens is 305 g/mol. The Morgan fingerprint density at radius 3 is 3.00 bits per heavy atom. The van der Waals surface area contributed by atoms with Gasteiger partial charge in [-0.05, 0) is 6.42 Å². The third-order valence-electron chi connectivity index (χ3n) is 3.07. The van der Waals surface area contributed by atoms with E-state index in [0.29, 0.717) is 31.4 Å². The molecule has 22 heavy (non-hydrogen) atoms. The third kappa shape index (κ3) is 6.02. The molecule has 1 amide bonds. The molecule has 0 radical (unpaired) electrons. The SMILES string of the molecule is O=C(Cc1cc(COCC(F)(F)F)on1)NCC1CCOC1. The highest BCUT2D eigenvalue weighted by Crippen LogP contribution is 2.16. The molecule has 1 N–H and O–H groups in total. The van der Waals surface area contributed by atoms with E-state index in [1.54, 1.807) is 0 Å². The fourth-order valence-corrected chi connectivity index (χ4v) is 2.00. The maximum atomic E-state index is 11.9. The average molecular weight is 322 g/mol. The van der Waals surface area contributed by atoms with Crippen LogP contribution in [0.4, 0.5) is 13.2 Å². The standard InChI is InChI=1S/C13H17F3N2O4/c14-13(15,16)8-21-7-11-3-10(18-22-11)4-12(19)17-5-9-1-2-20-6-9/h3,9H,1-2,4-8H2,(H,17,19). The van der Waals surface area contributed by atoms with E-state index in [9.17, 15) is 18.0 Å². The summed E-state index contributed by atoms with van der Waals surface area (Å²) in [6.45, 7) is 0.203. The van der Waals surface area contributed by atoms with Crippen molar-refractivity contribution in [3.63, 3.8) is 0 Å². The van der Waals surface area contributed by atoms with Crippen molar-refractivity contribution in [3.8, 4) is 0 Å². The summed E-state index contributed by atoms with van der Waals surface area (Å²) in [6, 6.07) is 1.41. The monoisotopic (exact) mass is 322 g/mol. The molecule has 1 aliphatic rings. The van der Waals surface area contributed by atoms with Gasteiger partial charge in [-0.1, -0.05) is 5.16 Å². The van der Waals surface area contributed by atoms with E-state index in [2.05, 4.69) is 15.2 Å². The number of nitrogens with one attached hydrogen (secondary N) is 1. The molecule has 1 saturated heterocycles. The van der Waals surface area contributed by atoms with Crippen molar-refractivity contribution >= 4 is 5.91 Å². The van der Waals surface area contributed by atoms with Crippen molar-refractivity contribution in [2.45, 2.75) is 25.6 Å². The number of carbonyl (C=O) groups excluding carboxylic acids is 1. The van der Waals surface area contributed by atoms with Gasteiger partial charge in [-0.25, -0.2) is 0 Å². The van der Waals surface area contributed by atoms with Crippen LogP contribution in [0, 0.1) is 5.92 Å². The molecule has 1 fully saturated rings. The van der Waals surface area contributed by atoms with Gasteiger partial charge in [0.15, 0.2) is 5.76 Å². The van der Waals surface area contributed by atoms with Crippen molar-refractivity contribution in [2.75, 3.05) is 26.4 Å². The van der Waals surface area contributed by atoms with Gasteiger partial charge in [0, 0.05) is 25.1 Å². The van der Waals surface area contributed by atoms with Gasteiger partial charge in [0.1, 0.15) is 13.2 Å². The molecule has 2 heterocycles. The molecule has 1 unspecified atom stereocenters. The van der Waals surface area contributed by atoms with Crippen LogP contribution in [0.1, 0.15) is 17.9 Å². The number of alkyl halides is 3. The molecule has 0 spiro atoms. The second kappa shape index (κ2) is 7.59. The Labute approximate surface area is 124 Å². The van der Waals surface area contributed by atoms with Crippen LogP contribution in [-0.4, -0.2) is 43.6 Å². The van der Waals surface area contributed by atoms with E-state index in [-0.39, 0.29) is 24.7 Å². The van der Waals surface area contributed by atoms with E-state index in [4.69, 9.17) is 9.26 Å². The van der Waals surface area contributed by atoms with Crippen molar-refractivity contribution < 1.29 is 32.0 Å². The number of ether oxygens (including phenoxy) is 2. The van der Waals surface area contributed by atoms with Gasteiger partial charge >= 0.3 is 6.18 Å². The maximum Gasteiger partial charge on any atom is 0.411 e. The summed E-state index contributed by atoms with van der Waals surface area (Å²) < 4.78 is 50.2. The zero-order chi connectivity index (χ0) is 16.0. The zero-order valence-electron chi connectivity index (χ0n) is 11.8. The van der Waals surface area contributed by atoms with Gasteiger partial charge in [-0.15, -0.1) is 0 Å². The quantitative estimate of drug-likeness (QED) is 0.822. The average Bonchev–Trinajstić information content (AvgIpc) is 3.06. The highest BCUT2D eigenvalue weighted by atomic mass is 19.4. The highest BCUT2D eigenvalue weighted by molar-refractivity contribution is 5.78. The molecule has 0 aliphatic carbocycles. The van der Waals surface area contributed by atoms with E-state index >= 15 is 0 Å². The van der Waals surface area contributed by atoms with Crippen molar-refractivity contribution in [3.05, 3.63) is 17.5 Å². The van der Waals surface area contributed by atoms with Gasteiger partial charge in [0.25, 0.3) is 0 Å². The van der Waals surface area contributed by atoms with Crippen molar-refractivity contribution in [1.29, 1.82) is 0 Å². The Kier molecular flexibility index (Phi) is 5.78. The van der Waals surface area contributed by atoms with Crippen LogP contribution < -0.4 is 5.32 Å². The lowest BCUT2D eigenvalue weighted by molar-refractivity contribution is -0.177. The van der Waals surface area contributed by atoms with Crippen LogP contribution in [-0.2, 0) is 27.3 Å². The zero-order valence-corrected chi connectivity index (χ0v) is 11.8. The summed E-state index contributed by atoms with van der Waals surface area (Å²) in [5.41, 5.74) is 0.353. The lowest BCUT2D eigenvalue weighted by Gasteiger charge is -2.08. The summed E-state index contributed by atoms with van der Waals surface area (Å²) in [7, 11) is 0.